The highest BCUT2D eigenvalue weighted by Gasteiger charge is 2.46. The first-order valence-electron chi connectivity index (χ1n) is 13.2. The van der Waals surface area contributed by atoms with Gasteiger partial charge in [-0.2, -0.15) is 0 Å². The lowest BCUT2D eigenvalue weighted by Crippen LogP contribution is -2.54. The molecule has 7 heteroatoms. The van der Waals surface area contributed by atoms with Crippen LogP contribution in [0.2, 0.25) is 0 Å². The van der Waals surface area contributed by atoms with Gasteiger partial charge in [-0.1, -0.05) is 43.7 Å². The quantitative estimate of drug-likeness (QED) is 0.274. The van der Waals surface area contributed by atoms with Crippen molar-refractivity contribution in [3.8, 4) is 0 Å². The molecule has 2 aliphatic rings. The summed E-state index contributed by atoms with van der Waals surface area (Å²) >= 11 is 2.18. The van der Waals surface area contributed by atoms with E-state index >= 15 is 0 Å². The number of primary amides is 1. The van der Waals surface area contributed by atoms with Gasteiger partial charge in [-0.25, -0.2) is 4.79 Å². The van der Waals surface area contributed by atoms with E-state index in [0.717, 1.165) is 38.6 Å². The molecule has 2 fully saturated rings. The van der Waals surface area contributed by atoms with Crippen LogP contribution >= 0.6 is 22.9 Å². The second-order valence-corrected chi connectivity index (χ2v) is 13.0. The molecule has 0 aliphatic heterocycles. The number of rotatable bonds is 10. The van der Waals surface area contributed by atoms with Crippen molar-refractivity contribution in [2.75, 3.05) is 33.7 Å². The summed E-state index contributed by atoms with van der Waals surface area (Å²) in [5.74, 6) is 0.238. The van der Waals surface area contributed by atoms with E-state index in [0.29, 0.717) is 19.0 Å². The maximum Gasteiger partial charge on any atom is 0.328 e. The molecular weight excluding hydrogens is 551 g/mol. The Hall–Kier alpha value is -1.35. The van der Waals surface area contributed by atoms with Gasteiger partial charge in [0.2, 0.25) is 5.91 Å². The second kappa shape index (κ2) is 11.4. The third-order valence-corrected chi connectivity index (χ3v) is 9.76. The minimum absolute atomic E-state index is 0.0147. The second-order valence-electron chi connectivity index (χ2n) is 11.9. The summed E-state index contributed by atoms with van der Waals surface area (Å²) in [6, 6.07) is 10.9. The van der Waals surface area contributed by atoms with E-state index in [-0.39, 0.29) is 22.9 Å². The van der Waals surface area contributed by atoms with E-state index in [2.05, 4.69) is 79.1 Å². The van der Waals surface area contributed by atoms with Gasteiger partial charge < -0.3 is 10.6 Å². The van der Waals surface area contributed by atoms with Crippen LogP contribution in [0, 0.1) is 16.7 Å². The number of carbonyl (C=O) groups excluding carboxylic acids is 2. The number of hydrogen-bond donors (Lipinski definition) is 1. The molecule has 0 aromatic heterocycles. The van der Waals surface area contributed by atoms with E-state index < -0.39 is 5.41 Å². The predicted molar refractivity (Wildman–Crippen MR) is 151 cm³/mol. The maximum absolute atomic E-state index is 13.7. The topological polar surface area (TPSA) is 69.9 Å². The van der Waals surface area contributed by atoms with Gasteiger partial charge >= 0.3 is 6.03 Å². The first-order valence-corrected chi connectivity index (χ1v) is 14.2. The van der Waals surface area contributed by atoms with Crippen molar-refractivity contribution in [1.82, 2.24) is 12.9 Å². The summed E-state index contributed by atoms with van der Waals surface area (Å²) < 4.78 is 1.85. The van der Waals surface area contributed by atoms with E-state index in [1.165, 1.54) is 24.8 Å². The van der Waals surface area contributed by atoms with Crippen LogP contribution in [0.3, 0.4) is 0 Å². The third-order valence-electron chi connectivity index (χ3n) is 8.96. The maximum atomic E-state index is 13.7. The molecule has 3 rings (SSSR count). The van der Waals surface area contributed by atoms with Crippen molar-refractivity contribution in [1.29, 1.82) is 0 Å². The molecule has 0 atom stereocenters. The Morgan fingerprint density at radius 1 is 1.09 bits per heavy atom. The Balaban J connectivity index is 1.81. The summed E-state index contributed by atoms with van der Waals surface area (Å²) in [7, 11) is 4.37. The van der Waals surface area contributed by atoms with Crippen LogP contribution in [-0.4, -0.2) is 58.6 Å². The molecule has 35 heavy (non-hydrogen) atoms. The molecular formula is C28H45IN4O2. The molecule has 0 spiro atoms. The zero-order valence-electron chi connectivity index (χ0n) is 22.4. The average molecular weight is 597 g/mol. The van der Waals surface area contributed by atoms with Gasteiger partial charge in [0.1, 0.15) is 0 Å². The van der Waals surface area contributed by atoms with Crippen LogP contribution in [0.4, 0.5) is 4.79 Å². The van der Waals surface area contributed by atoms with E-state index in [4.69, 9.17) is 5.73 Å². The zero-order chi connectivity index (χ0) is 25.9. The summed E-state index contributed by atoms with van der Waals surface area (Å²) in [5, 5.41) is 0. The highest BCUT2D eigenvalue weighted by molar-refractivity contribution is 14.1. The first kappa shape index (κ1) is 28.2. The number of benzene rings is 1. The van der Waals surface area contributed by atoms with Crippen molar-refractivity contribution in [2.45, 2.75) is 77.7 Å². The number of halogens is 1. The molecule has 2 saturated carbocycles. The largest absolute Gasteiger partial charge is 0.369 e. The molecule has 0 bridgehead atoms. The van der Waals surface area contributed by atoms with E-state index in [1.807, 2.05) is 21.9 Å². The fraction of sp³-hybridized carbons (Fsp3) is 0.714. The number of carbonyl (C=O) groups is 2. The van der Waals surface area contributed by atoms with Crippen LogP contribution in [0.5, 0.6) is 0 Å². The number of nitrogens with zero attached hydrogens (tertiary/aromatic N) is 3. The first-order chi connectivity index (χ1) is 16.4. The van der Waals surface area contributed by atoms with Crippen LogP contribution in [-0.2, 0) is 10.3 Å². The van der Waals surface area contributed by atoms with Crippen LogP contribution in [0.15, 0.2) is 30.3 Å². The normalized spacial score (nSPS) is 25.2. The summed E-state index contributed by atoms with van der Waals surface area (Å²) in [5.41, 5.74) is 6.39. The van der Waals surface area contributed by atoms with Crippen LogP contribution < -0.4 is 5.73 Å². The highest BCUT2D eigenvalue weighted by atomic mass is 127. The Morgan fingerprint density at radius 2 is 1.69 bits per heavy atom. The summed E-state index contributed by atoms with van der Waals surface area (Å²) in [4.78, 5) is 30.2. The Labute approximate surface area is 226 Å². The lowest BCUT2D eigenvalue weighted by Gasteiger charge is -2.51. The van der Waals surface area contributed by atoms with E-state index in [9.17, 15) is 9.59 Å². The zero-order valence-corrected chi connectivity index (χ0v) is 24.5. The molecule has 6 nitrogen and oxygen atoms in total. The Morgan fingerprint density at radius 3 is 2.14 bits per heavy atom. The molecule has 3 amide bonds. The van der Waals surface area contributed by atoms with Gasteiger partial charge in [0, 0.05) is 25.2 Å². The third kappa shape index (κ3) is 6.32. The van der Waals surface area contributed by atoms with Gasteiger partial charge in [-0.05, 0) is 89.8 Å². The number of nitrogens with two attached hydrogens (primary N) is 1. The molecule has 0 unspecified atom stereocenters. The Kier molecular flexibility index (Phi) is 9.16. The number of urea groups is 1. The summed E-state index contributed by atoms with van der Waals surface area (Å²) in [6.45, 7) is 7.76. The minimum atomic E-state index is -0.773. The Bertz CT molecular complexity index is 861. The van der Waals surface area contributed by atoms with Gasteiger partial charge in [-0.15, -0.1) is 0 Å². The number of amides is 3. The SMILES string of the molecule is CCC1(CN(CC(C)(C)C(N)=O)C(=O)N(I)CC2CCC2)CCC(c2ccccc2)(N(C)C)CC1. The van der Waals surface area contributed by atoms with Crippen molar-refractivity contribution >= 4 is 34.8 Å². The van der Waals surface area contributed by atoms with Gasteiger partial charge in [-0.3, -0.25) is 12.8 Å². The van der Waals surface area contributed by atoms with Crippen molar-refractivity contribution in [3.05, 3.63) is 35.9 Å². The molecule has 0 radical (unpaired) electrons. The van der Waals surface area contributed by atoms with Gasteiger partial charge in [0.25, 0.3) is 0 Å². The molecule has 0 saturated heterocycles. The lowest BCUT2D eigenvalue weighted by atomic mass is 9.63. The highest BCUT2D eigenvalue weighted by Crippen LogP contribution is 2.50. The summed E-state index contributed by atoms with van der Waals surface area (Å²) in [6.07, 6.45) is 8.85. The minimum Gasteiger partial charge on any atom is -0.369 e. The smallest absolute Gasteiger partial charge is 0.328 e. The molecule has 1 aromatic carbocycles. The predicted octanol–water partition coefficient (Wildman–Crippen LogP) is 5.80. The number of hydrogen-bond acceptors (Lipinski definition) is 3. The van der Waals surface area contributed by atoms with Gasteiger partial charge in [0.15, 0.2) is 0 Å². The fourth-order valence-electron chi connectivity index (χ4n) is 5.84. The fourth-order valence-corrected chi connectivity index (χ4v) is 6.71. The lowest BCUT2D eigenvalue weighted by molar-refractivity contribution is -0.126. The van der Waals surface area contributed by atoms with Crippen molar-refractivity contribution in [2.24, 2.45) is 22.5 Å². The molecule has 2 N–H and O–H groups in total. The van der Waals surface area contributed by atoms with E-state index in [1.54, 1.807) is 0 Å². The molecule has 2 aliphatic carbocycles. The monoisotopic (exact) mass is 596 g/mol. The van der Waals surface area contributed by atoms with Crippen LogP contribution in [0.1, 0.15) is 77.7 Å². The van der Waals surface area contributed by atoms with Crippen molar-refractivity contribution < 1.29 is 9.59 Å². The van der Waals surface area contributed by atoms with Crippen LogP contribution in [0.25, 0.3) is 0 Å². The standard InChI is InChI=1S/C28H45IN4O2/c1-6-27(15-17-28(18-16-27,31(4)5)23-13-8-7-9-14-23)21-32(20-26(2,3)24(30)34)25(35)33(29)19-22-11-10-12-22/h7-9,13-14,22H,6,10-12,15-21H2,1-5H3,(H2,30,34). The van der Waals surface area contributed by atoms with Crippen molar-refractivity contribution in [3.63, 3.8) is 0 Å². The average Bonchev–Trinajstić information content (AvgIpc) is 2.81. The molecule has 0 heterocycles. The molecule has 196 valence electrons. The molecule has 1 aromatic rings. The van der Waals surface area contributed by atoms with Gasteiger partial charge in [0.05, 0.1) is 28.3 Å².